The van der Waals surface area contributed by atoms with E-state index < -0.39 is 0 Å². The number of piperidine rings is 1. The highest BCUT2D eigenvalue weighted by Gasteiger charge is 2.23. The first-order valence-corrected chi connectivity index (χ1v) is 13.7. The van der Waals surface area contributed by atoms with Crippen molar-refractivity contribution in [2.75, 3.05) is 45.8 Å². The highest BCUT2D eigenvalue weighted by Crippen LogP contribution is 2.22. The Morgan fingerprint density at radius 3 is 2.50 bits per heavy atom. The molecule has 2 amide bonds. The first-order valence-electron chi connectivity index (χ1n) is 13.7. The van der Waals surface area contributed by atoms with E-state index in [1.165, 1.54) is 11.6 Å². The fourth-order valence-electron chi connectivity index (χ4n) is 5.66. The Morgan fingerprint density at radius 2 is 1.66 bits per heavy atom. The Morgan fingerprint density at radius 1 is 0.895 bits per heavy atom. The van der Waals surface area contributed by atoms with Gasteiger partial charge in [-0.3, -0.25) is 9.80 Å². The molecule has 5 rings (SSSR count). The molecule has 1 N–H and O–H groups in total. The van der Waals surface area contributed by atoms with Crippen LogP contribution in [0.3, 0.4) is 0 Å². The lowest BCUT2D eigenvalue weighted by atomic mass is 9.96. The first kappa shape index (κ1) is 26.1. The normalized spacial score (nSPS) is 17.7. The highest BCUT2D eigenvalue weighted by atomic mass is 19.1. The number of carbonyl (C=O) groups excluding carboxylic acids is 1. The SMILES string of the molecule is N#Cc1ccccc1CN1CCCN(C(=O)NCC2CCN(Cc3ccc4cc(F)ccc4c3)CC2)CC1. The number of benzene rings is 3. The standard InChI is InChI=1S/C31H36FN5O/c32-30-9-8-26-18-25(6-7-27(26)19-30)22-36-14-10-24(11-15-36)21-34-31(38)37-13-3-12-35(16-17-37)23-29-5-2-1-4-28(29)20-33/h1-2,4-9,18-19,24H,3,10-17,21-23H2,(H,34,38). The number of amides is 2. The van der Waals surface area contributed by atoms with Gasteiger partial charge in [0, 0.05) is 45.8 Å². The molecular weight excluding hydrogens is 477 g/mol. The summed E-state index contributed by atoms with van der Waals surface area (Å²) in [6, 6.07) is 21.3. The Balaban J connectivity index is 1.03. The minimum Gasteiger partial charge on any atom is -0.338 e. The van der Waals surface area contributed by atoms with Gasteiger partial charge in [0.05, 0.1) is 11.6 Å². The van der Waals surface area contributed by atoms with Crippen LogP contribution in [0, 0.1) is 23.1 Å². The van der Waals surface area contributed by atoms with Crippen LogP contribution in [0.25, 0.3) is 10.8 Å². The molecule has 2 aliphatic rings. The van der Waals surface area contributed by atoms with Crippen molar-refractivity contribution in [2.45, 2.75) is 32.4 Å². The summed E-state index contributed by atoms with van der Waals surface area (Å²) in [5.74, 6) is 0.302. The molecule has 0 aliphatic carbocycles. The van der Waals surface area contributed by atoms with Gasteiger partial charge in [0.15, 0.2) is 0 Å². The van der Waals surface area contributed by atoms with Gasteiger partial charge in [-0.25, -0.2) is 9.18 Å². The molecule has 0 aromatic heterocycles. The Bertz CT molecular complexity index is 1300. The molecular formula is C31H36FN5O. The van der Waals surface area contributed by atoms with Crippen LogP contribution in [-0.2, 0) is 13.1 Å². The molecule has 6 nitrogen and oxygen atoms in total. The Hall–Kier alpha value is -3.47. The second-order valence-electron chi connectivity index (χ2n) is 10.6. The molecule has 2 fully saturated rings. The molecule has 0 bridgehead atoms. The van der Waals surface area contributed by atoms with E-state index in [0.717, 1.165) is 93.5 Å². The zero-order valence-electron chi connectivity index (χ0n) is 21.9. The van der Waals surface area contributed by atoms with Gasteiger partial charge in [-0.2, -0.15) is 5.26 Å². The zero-order valence-corrected chi connectivity index (χ0v) is 21.9. The number of nitrogens with zero attached hydrogens (tertiary/aromatic N) is 4. The largest absolute Gasteiger partial charge is 0.338 e. The highest BCUT2D eigenvalue weighted by molar-refractivity contribution is 5.83. The Kier molecular flexibility index (Phi) is 8.52. The van der Waals surface area contributed by atoms with Gasteiger partial charge in [-0.1, -0.05) is 36.4 Å². The van der Waals surface area contributed by atoms with Gasteiger partial charge < -0.3 is 10.2 Å². The second-order valence-corrected chi connectivity index (χ2v) is 10.6. The van der Waals surface area contributed by atoms with Crippen molar-refractivity contribution in [3.8, 4) is 6.07 Å². The number of hydrogen-bond donors (Lipinski definition) is 1. The maximum absolute atomic E-state index is 13.4. The van der Waals surface area contributed by atoms with Gasteiger partial charge in [0.2, 0.25) is 0 Å². The number of carbonyl (C=O) groups is 1. The molecule has 0 radical (unpaired) electrons. The van der Waals surface area contributed by atoms with Crippen LogP contribution in [0.5, 0.6) is 0 Å². The summed E-state index contributed by atoms with van der Waals surface area (Å²) < 4.78 is 13.4. The van der Waals surface area contributed by atoms with Gasteiger partial charge >= 0.3 is 6.03 Å². The minimum atomic E-state index is -0.199. The second kappa shape index (κ2) is 12.4. The summed E-state index contributed by atoms with van der Waals surface area (Å²) in [4.78, 5) is 19.7. The van der Waals surface area contributed by atoms with Crippen molar-refractivity contribution in [3.05, 3.63) is 83.2 Å². The van der Waals surface area contributed by atoms with E-state index in [2.05, 4.69) is 33.3 Å². The summed E-state index contributed by atoms with van der Waals surface area (Å²) in [6.45, 7) is 7.62. The third-order valence-electron chi connectivity index (χ3n) is 7.93. The first-order chi connectivity index (χ1) is 18.6. The van der Waals surface area contributed by atoms with Crippen molar-refractivity contribution >= 4 is 16.8 Å². The van der Waals surface area contributed by atoms with E-state index in [1.807, 2.05) is 41.3 Å². The van der Waals surface area contributed by atoms with E-state index in [-0.39, 0.29) is 11.8 Å². The maximum Gasteiger partial charge on any atom is 0.317 e. The van der Waals surface area contributed by atoms with Crippen LogP contribution >= 0.6 is 0 Å². The number of fused-ring (bicyclic) bond motifs is 1. The topological polar surface area (TPSA) is 62.6 Å². The number of nitrogens with one attached hydrogen (secondary N) is 1. The van der Waals surface area contributed by atoms with Crippen LogP contribution in [0.2, 0.25) is 0 Å². The van der Waals surface area contributed by atoms with Crippen LogP contribution in [0.4, 0.5) is 9.18 Å². The number of urea groups is 1. The summed E-state index contributed by atoms with van der Waals surface area (Å²) in [5.41, 5.74) is 3.03. The molecule has 198 valence electrons. The lowest BCUT2D eigenvalue weighted by Crippen LogP contribution is -2.45. The van der Waals surface area contributed by atoms with Crippen molar-refractivity contribution in [1.82, 2.24) is 20.0 Å². The lowest BCUT2D eigenvalue weighted by Gasteiger charge is -2.32. The summed E-state index contributed by atoms with van der Waals surface area (Å²) in [6.07, 6.45) is 3.08. The smallest absolute Gasteiger partial charge is 0.317 e. The average molecular weight is 514 g/mol. The van der Waals surface area contributed by atoms with Gasteiger partial charge in [-0.05, 0) is 84.4 Å². The van der Waals surface area contributed by atoms with Crippen molar-refractivity contribution in [1.29, 1.82) is 5.26 Å². The van der Waals surface area contributed by atoms with Crippen LogP contribution in [-0.4, -0.2) is 66.5 Å². The number of likely N-dealkylation sites (tertiary alicyclic amines) is 1. The molecule has 3 aromatic rings. The van der Waals surface area contributed by atoms with Crippen LogP contribution < -0.4 is 5.32 Å². The summed E-state index contributed by atoms with van der Waals surface area (Å²) in [5, 5.41) is 14.6. The van der Waals surface area contributed by atoms with Crippen molar-refractivity contribution in [2.24, 2.45) is 5.92 Å². The predicted octanol–water partition coefficient (Wildman–Crippen LogP) is 4.98. The van der Waals surface area contributed by atoms with Crippen LogP contribution in [0.15, 0.2) is 60.7 Å². The number of rotatable bonds is 6. The minimum absolute atomic E-state index is 0.0410. The molecule has 38 heavy (non-hydrogen) atoms. The maximum atomic E-state index is 13.4. The fourth-order valence-corrected chi connectivity index (χ4v) is 5.66. The molecule has 3 aromatic carbocycles. The van der Waals surface area contributed by atoms with E-state index in [9.17, 15) is 14.4 Å². The predicted molar refractivity (Wildman–Crippen MR) is 148 cm³/mol. The van der Waals surface area contributed by atoms with Gasteiger partial charge in [0.25, 0.3) is 0 Å². The lowest BCUT2D eigenvalue weighted by molar-refractivity contribution is 0.168. The molecule has 0 saturated carbocycles. The summed E-state index contributed by atoms with van der Waals surface area (Å²) in [7, 11) is 0. The molecule has 7 heteroatoms. The summed E-state index contributed by atoms with van der Waals surface area (Å²) >= 11 is 0. The van der Waals surface area contributed by atoms with Gasteiger partial charge in [-0.15, -0.1) is 0 Å². The third kappa shape index (κ3) is 6.69. The average Bonchev–Trinajstić information content (AvgIpc) is 3.18. The third-order valence-corrected chi connectivity index (χ3v) is 7.93. The molecule has 2 aliphatic heterocycles. The van der Waals surface area contributed by atoms with E-state index in [1.54, 1.807) is 6.07 Å². The van der Waals surface area contributed by atoms with Crippen molar-refractivity contribution < 1.29 is 9.18 Å². The molecule has 0 unspecified atom stereocenters. The molecule has 2 saturated heterocycles. The molecule has 0 atom stereocenters. The van der Waals surface area contributed by atoms with Crippen molar-refractivity contribution in [3.63, 3.8) is 0 Å². The molecule has 2 heterocycles. The van der Waals surface area contributed by atoms with Crippen LogP contribution in [0.1, 0.15) is 36.0 Å². The fraction of sp³-hybridized carbons (Fsp3) is 0.419. The van der Waals surface area contributed by atoms with E-state index in [4.69, 9.17) is 0 Å². The van der Waals surface area contributed by atoms with Gasteiger partial charge in [0.1, 0.15) is 5.82 Å². The Labute approximate surface area is 224 Å². The number of nitriles is 1. The van der Waals surface area contributed by atoms with E-state index in [0.29, 0.717) is 12.5 Å². The zero-order chi connectivity index (χ0) is 26.3. The number of hydrogen-bond acceptors (Lipinski definition) is 4. The quantitative estimate of drug-likeness (QED) is 0.505. The number of halogens is 1. The molecule has 0 spiro atoms. The van der Waals surface area contributed by atoms with E-state index >= 15 is 0 Å². The monoisotopic (exact) mass is 513 g/mol.